The minimum Gasteiger partial charge on any atom is -0.473 e. The van der Waals surface area contributed by atoms with Crippen LogP contribution in [0.25, 0.3) is 0 Å². The second-order valence-corrected chi connectivity index (χ2v) is 10.6. The lowest BCUT2D eigenvalue weighted by Gasteiger charge is -2.35. The summed E-state index contributed by atoms with van der Waals surface area (Å²) < 4.78 is 26.9. The Hall–Kier alpha value is -3.98. The molecule has 0 aromatic heterocycles. The van der Waals surface area contributed by atoms with Crippen LogP contribution in [0.3, 0.4) is 0 Å². The van der Waals surface area contributed by atoms with Crippen molar-refractivity contribution < 1.29 is 28.6 Å². The SMILES string of the molecule is N#CSc1ccc(CCCN2CCN(CCCN(c3ccc(F)cc3)c3ccc(F)cc3)CC2)cc1.O=C(O)C(=O)O. The number of carboxylic acids is 2. The molecular formula is C31H34F2N4O4S. The summed E-state index contributed by atoms with van der Waals surface area (Å²) in [7, 11) is 0. The van der Waals surface area contributed by atoms with Crippen LogP contribution in [0.1, 0.15) is 18.4 Å². The number of benzene rings is 3. The molecule has 222 valence electrons. The molecule has 11 heteroatoms. The molecule has 1 saturated heterocycles. The van der Waals surface area contributed by atoms with E-state index in [9.17, 15) is 8.78 Å². The fourth-order valence-corrected chi connectivity index (χ4v) is 5.00. The number of nitriles is 1. The predicted molar refractivity (Wildman–Crippen MR) is 159 cm³/mol. The van der Waals surface area contributed by atoms with Crippen molar-refractivity contribution in [3.8, 4) is 5.40 Å². The van der Waals surface area contributed by atoms with Gasteiger partial charge in [-0.2, -0.15) is 5.26 Å². The molecule has 0 bridgehead atoms. The van der Waals surface area contributed by atoms with Crippen molar-refractivity contribution in [3.05, 3.63) is 90.0 Å². The first-order valence-electron chi connectivity index (χ1n) is 13.6. The summed E-state index contributed by atoms with van der Waals surface area (Å²) in [6, 6.07) is 21.3. The molecule has 1 aliphatic rings. The van der Waals surface area contributed by atoms with Gasteiger partial charge in [0.05, 0.1) is 0 Å². The van der Waals surface area contributed by atoms with Gasteiger partial charge in [-0.3, -0.25) is 0 Å². The summed E-state index contributed by atoms with van der Waals surface area (Å²) in [5.74, 6) is -4.17. The lowest BCUT2D eigenvalue weighted by Crippen LogP contribution is -2.47. The Balaban J connectivity index is 0.000000730. The molecule has 1 heterocycles. The highest BCUT2D eigenvalue weighted by Crippen LogP contribution is 2.26. The quantitative estimate of drug-likeness (QED) is 0.169. The highest BCUT2D eigenvalue weighted by atomic mass is 32.2. The molecule has 0 atom stereocenters. The number of thiocyanates is 1. The van der Waals surface area contributed by atoms with E-state index < -0.39 is 11.9 Å². The highest BCUT2D eigenvalue weighted by molar-refractivity contribution is 8.03. The van der Waals surface area contributed by atoms with Crippen LogP contribution in [0.5, 0.6) is 0 Å². The summed E-state index contributed by atoms with van der Waals surface area (Å²) in [6.45, 7) is 7.17. The summed E-state index contributed by atoms with van der Waals surface area (Å²) in [4.78, 5) is 26.4. The monoisotopic (exact) mass is 596 g/mol. The third-order valence-electron chi connectivity index (χ3n) is 6.81. The van der Waals surface area contributed by atoms with E-state index in [1.807, 2.05) is 12.1 Å². The molecule has 2 N–H and O–H groups in total. The molecule has 0 spiro atoms. The van der Waals surface area contributed by atoms with Crippen molar-refractivity contribution in [2.45, 2.75) is 24.2 Å². The van der Waals surface area contributed by atoms with E-state index in [1.165, 1.54) is 41.6 Å². The van der Waals surface area contributed by atoms with Crippen molar-refractivity contribution in [2.24, 2.45) is 0 Å². The summed E-state index contributed by atoms with van der Waals surface area (Å²) in [5, 5.41) is 25.6. The Morgan fingerprint density at radius 2 is 1.21 bits per heavy atom. The van der Waals surface area contributed by atoms with Gasteiger partial charge in [0.2, 0.25) is 0 Å². The smallest absolute Gasteiger partial charge is 0.414 e. The number of thioether (sulfide) groups is 1. The molecule has 0 unspecified atom stereocenters. The van der Waals surface area contributed by atoms with Gasteiger partial charge in [-0.05, 0) is 110 Å². The number of carboxylic acid groups (broad SMARTS) is 2. The minimum absolute atomic E-state index is 0.261. The Labute approximate surface area is 248 Å². The molecule has 8 nitrogen and oxygen atoms in total. The number of carbonyl (C=O) groups is 2. The second-order valence-electron chi connectivity index (χ2n) is 9.69. The van der Waals surface area contributed by atoms with Crippen LogP contribution < -0.4 is 4.90 Å². The molecular weight excluding hydrogens is 562 g/mol. The maximum absolute atomic E-state index is 13.4. The first-order chi connectivity index (χ1) is 20.2. The number of hydrogen-bond donors (Lipinski definition) is 2. The topological polar surface area (TPSA) is 108 Å². The van der Waals surface area contributed by atoms with E-state index in [-0.39, 0.29) is 11.6 Å². The van der Waals surface area contributed by atoms with Gasteiger partial charge in [0.15, 0.2) is 0 Å². The van der Waals surface area contributed by atoms with Gasteiger partial charge in [-0.1, -0.05) is 12.1 Å². The first-order valence-corrected chi connectivity index (χ1v) is 14.4. The van der Waals surface area contributed by atoms with E-state index >= 15 is 0 Å². The first kappa shape index (κ1) is 32.5. The molecule has 4 rings (SSSR count). The molecule has 42 heavy (non-hydrogen) atoms. The van der Waals surface area contributed by atoms with Crippen molar-refractivity contribution in [1.29, 1.82) is 5.26 Å². The van der Waals surface area contributed by atoms with Crippen LogP contribution >= 0.6 is 11.8 Å². The van der Waals surface area contributed by atoms with E-state index in [2.05, 4.69) is 32.2 Å². The zero-order valence-corrected chi connectivity index (χ0v) is 24.0. The van der Waals surface area contributed by atoms with Crippen molar-refractivity contribution in [3.63, 3.8) is 0 Å². The van der Waals surface area contributed by atoms with Crippen LogP contribution in [-0.4, -0.2) is 77.8 Å². The number of anilines is 2. The Kier molecular flexibility index (Phi) is 13.2. The molecule has 3 aromatic carbocycles. The number of nitrogens with zero attached hydrogens (tertiary/aromatic N) is 4. The van der Waals surface area contributed by atoms with Gasteiger partial charge in [-0.15, -0.1) is 0 Å². The normalized spacial score (nSPS) is 13.5. The van der Waals surface area contributed by atoms with Crippen LogP contribution in [-0.2, 0) is 16.0 Å². The fourth-order valence-electron chi connectivity index (χ4n) is 4.62. The third kappa shape index (κ3) is 11.1. The van der Waals surface area contributed by atoms with Gasteiger partial charge in [0, 0.05) is 49.0 Å². The lowest BCUT2D eigenvalue weighted by molar-refractivity contribution is -0.159. The minimum atomic E-state index is -1.82. The predicted octanol–water partition coefficient (Wildman–Crippen LogP) is 5.47. The van der Waals surface area contributed by atoms with E-state index in [0.717, 1.165) is 81.3 Å². The number of halogens is 2. The second kappa shape index (κ2) is 17.1. The van der Waals surface area contributed by atoms with E-state index in [0.29, 0.717) is 0 Å². The number of hydrogen-bond acceptors (Lipinski definition) is 7. The van der Waals surface area contributed by atoms with Gasteiger partial charge in [0.25, 0.3) is 0 Å². The third-order valence-corrected chi connectivity index (χ3v) is 7.41. The maximum Gasteiger partial charge on any atom is 0.414 e. The van der Waals surface area contributed by atoms with Crippen molar-refractivity contribution in [2.75, 3.05) is 50.7 Å². The average Bonchev–Trinajstić information content (AvgIpc) is 2.99. The number of rotatable bonds is 11. The maximum atomic E-state index is 13.4. The zero-order chi connectivity index (χ0) is 30.3. The molecule has 0 amide bonds. The van der Waals surface area contributed by atoms with Crippen LogP contribution in [0, 0.1) is 22.3 Å². The number of piperazine rings is 1. The van der Waals surface area contributed by atoms with Crippen molar-refractivity contribution in [1.82, 2.24) is 9.80 Å². The molecule has 1 aliphatic heterocycles. The molecule has 3 aromatic rings. The summed E-state index contributed by atoms with van der Waals surface area (Å²) in [6.07, 6.45) is 3.16. The Bertz CT molecular complexity index is 1250. The largest absolute Gasteiger partial charge is 0.473 e. The van der Waals surface area contributed by atoms with E-state index in [1.54, 1.807) is 24.3 Å². The van der Waals surface area contributed by atoms with E-state index in [4.69, 9.17) is 25.1 Å². The van der Waals surface area contributed by atoms with Gasteiger partial charge in [-0.25, -0.2) is 18.4 Å². The summed E-state index contributed by atoms with van der Waals surface area (Å²) >= 11 is 1.20. The Morgan fingerprint density at radius 1 is 0.762 bits per heavy atom. The van der Waals surface area contributed by atoms with Crippen LogP contribution in [0.4, 0.5) is 20.2 Å². The molecule has 0 saturated carbocycles. The molecule has 0 aliphatic carbocycles. The number of aliphatic carboxylic acids is 2. The average molecular weight is 597 g/mol. The fraction of sp³-hybridized carbons (Fsp3) is 0.323. The molecule has 1 fully saturated rings. The van der Waals surface area contributed by atoms with Gasteiger partial charge < -0.3 is 24.9 Å². The lowest BCUT2D eigenvalue weighted by atomic mass is 10.1. The van der Waals surface area contributed by atoms with Crippen molar-refractivity contribution >= 4 is 35.1 Å². The molecule has 0 radical (unpaired) electrons. The summed E-state index contributed by atoms with van der Waals surface area (Å²) in [5.41, 5.74) is 3.14. The number of aryl methyl sites for hydroxylation is 1. The standard InChI is InChI=1S/C29H32F2N4S.C2H2O4/c30-25-6-10-27(11-7-25)35(28-12-8-26(31)9-13-28)18-2-17-34-21-19-33(20-22-34)16-1-3-24-4-14-29(15-5-24)36-23-32;3-1(4)2(5)6/h4-15H,1-3,16-22H2;(H,3,4)(H,5,6). The van der Waals surface area contributed by atoms with Crippen LogP contribution in [0.15, 0.2) is 77.7 Å². The van der Waals surface area contributed by atoms with Crippen LogP contribution in [0.2, 0.25) is 0 Å². The Morgan fingerprint density at radius 3 is 1.64 bits per heavy atom. The van der Waals surface area contributed by atoms with Gasteiger partial charge >= 0.3 is 11.9 Å². The van der Waals surface area contributed by atoms with Gasteiger partial charge in [0.1, 0.15) is 17.0 Å². The zero-order valence-electron chi connectivity index (χ0n) is 23.2. The highest BCUT2D eigenvalue weighted by Gasteiger charge is 2.17.